The largest absolute Gasteiger partial charge is 0.378 e. The van der Waals surface area contributed by atoms with Gasteiger partial charge in [-0.05, 0) is 60.9 Å². The molecule has 33 heavy (non-hydrogen) atoms. The topological polar surface area (TPSA) is 108 Å². The van der Waals surface area contributed by atoms with Gasteiger partial charge in [0.15, 0.2) is 0 Å². The molecule has 1 amide bonds. The average molecular weight is 437 g/mol. The molecule has 0 unspecified atom stereocenters. The van der Waals surface area contributed by atoms with Crippen molar-refractivity contribution in [3.05, 3.63) is 71.8 Å². The first kappa shape index (κ1) is 22.0. The van der Waals surface area contributed by atoms with Gasteiger partial charge in [-0.25, -0.2) is 9.97 Å². The van der Waals surface area contributed by atoms with Crippen LogP contribution in [0.4, 0.5) is 11.4 Å². The van der Waals surface area contributed by atoms with Gasteiger partial charge in [0.2, 0.25) is 11.7 Å². The monoisotopic (exact) mass is 436 g/mol. The maximum Gasteiger partial charge on any atom is 0.232 e. The highest BCUT2D eigenvalue weighted by Gasteiger charge is 2.32. The third-order valence-corrected chi connectivity index (χ3v) is 5.67. The van der Waals surface area contributed by atoms with E-state index in [9.17, 15) is 4.79 Å². The van der Waals surface area contributed by atoms with Gasteiger partial charge in [-0.3, -0.25) is 4.79 Å². The lowest BCUT2D eigenvalue weighted by Crippen LogP contribution is -2.43. The summed E-state index contributed by atoms with van der Waals surface area (Å²) < 4.78 is 0. The van der Waals surface area contributed by atoms with Gasteiger partial charge in [0.25, 0.3) is 0 Å². The number of hydrogen-bond acceptors (Lipinski definition) is 6. The van der Waals surface area contributed by atoms with Crippen LogP contribution in [0, 0.1) is 23.2 Å². The van der Waals surface area contributed by atoms with Crippen molar-refractivity contribution < 1.29 is 4.79 Å². The number of anilines is 2. The summed E-state index contributed by atoms with van der Waals surface area (Å²) in [7, 11) is 0. The van der Waals surface area contributed by atoms with Crippen LogP contribution in [0.5, 0.6) is 0 Å². The van der Waals surface area contributed by atoms with Gasteiger partial charge in [-0.15, -0.1) is 0 Å². The molecule has 0 radical (unpaired) electrons. The molecule has 4 rings (SSSR count). The maximum absolute atomic E-state index is 12.4. The lowest BCUT2D eigenvalue weighted by atomic mass is 9.89. The molecule has 2 aromatic carbocycles. The number of amides is 1. The van der Waals surface area contributed by atoms with Crippen molar-refractivity contribution in [2.75, 3.05) is 16.8 Å². The first-order valence-corrected chi connectivity index (χ1v) is 10.7. The van der Waals surface area contributed by atoms with E-state index in [4.69, 9.17) is 11.0 Å². The quantitative estimate of drug-likeness (QED) is 0.607. The summed E-state index contributed by atoms with van der Waals surface area (Å²) in [5.74, 6) is 6.04. The van der Waals surface area contributed by atoms with Crippen molar-refractivity contribution in [1.82, 2.24) is 9.97 Å². The molecule has 1 aliphatic heterocycles. The zero-order chi connectivity index (χ0) is 23.4. The van der Waals surface area contributed by atoms with Crippen LogP contribution in [0.3, 0.4) is 0 Å². The fourth-order valence-electron chi connectivity index (χ4n) is 4.20. The third-order valence-electron chi connectivity index (χ3n) is 5.67. The van der Waals surface area contributed by atoms with E-state index in [1.54, 1.807) is 19.3 Å². The fraction of sp³-hybridized carbons (Fsp3) is 0.231. The molecule has 0 saturated carbocycles. The molecule has 7 nitrogen and oxygen atoms in total. The van der Waals surface area contributed by atoms with Crippen LogP contribution >= 0.6 is 0 Å². The highest BCUT2D eigenvalue weighted by molar-refractivity contribution is 5.94. The van der Waals surface area contributed by atoms with Gasteiger partial charge in [0.05, 0.1) is 12.6 Å². The lowest BCUT2D eigenvalue weighted by Gasteiger charge is -2.39. The Balaban J connectivity index is 1.70. The van der Waals surface area contributed by atoms with Crippen LogP contribution in [0.25, 0.3) is 11.1 Å². The molecule has 0 bridgehead atoms. The molecule has 0 fully saturated rings. The molecule has 0 aliphatic carbocycles. The second-order valence-electron chi connectivity index (χ2n) is 7.93. The first-order valence-electron chi connectivity index (χ1n) is 10.7. The van der Waals surface area contributed by atoms with Gasteiger partial charge in [0, 0.05) is 47.9 Å². The van der Waals surface area contributed by atoms with Crippen molar-refractivity contribution >= 4 is 17.3 Å². The van der Waals surface area contributed by atoms with Crippen LogP contribution < -0.4 is 16.0 Å². The van der Waals surface area contributed by atoms with Crippen molar-refractivity contribution in [1.29, 1.82) is 5.26 Å². The molecule has 164 valence electrons. The Morgan fingerprint density at radius 3 is 2.55 bits per heavy atom. The molecular formula is C26H24N6O. The van der Waals surface area contributed by atoms with Crippen molar-refractivity contribution in [2.45, 2.75) is 32.4 Å². The molecule has 3 N–H and O–H groups in total. The molecule has 2 heterocycles. The molecule has 7 heteroatoms. The van der Waals surface area contributed by atoms with Gasteiger partial charge in [0.1, 0.15) is 6.07 Å². The molecule has 1 aromatic heterocycles. The number of aromatic nitrogens is 2. The van der Waals surface area contributed by atoms with Gasteiger partial charge >= 0.3 is 0 Å². The molecule has 2 atom stereocenters. The zero-order valence-corrected chi connectivity index (χ0v) is 18.5. The summed E-state index contributed by atoms with van der Waals surface area (Å²) >= 11 is 0. The van der Waals surface area contributed by atoms with Crippen molar-refractivity contribution in [3.8, 4) is 29.0 Å². The van der Waals surface area contributed by atoms with E-state index in [1.807, 2.05) is 47.4 Å². The summed E-state index contributed by atoms with van der Waals surface area (Å²) in [5.41, 5.74) is 11.0. The van der Waals surface area contributed by atoms with E-state index in [1.165, 1.54) is 0 Å². The van der Waals surface area contributed by atoms with E-state index in [2.05, 4.69) is 40.1 Å². The van der Waals surface area contributed by atoms with Crippen LogP contribution in [0.15, 0.2) is 54.9 Å². The predicted octanol–water partition coefficient (Wildman–Crippen LogP) is 3.62. The Kier molecular flexibility index (Phi) is 6.35. The molecular weight excluding hydrogens is 412 g/mol. The lowest BCUT2D eigenvalue weighted by molar-refractivity contribution is -0.117. The van der Waals surface area contributed by atoms with Crippen LogP contribution in [-0.4, -0.2) is 28.5 Å². The minimum Gasteiger partial charge on any atom is -0.378 e. The van der Waals surface area contributed by atoms with Crippen LogP contribution in [-0.2, 0) is 4.79 Å². The van der Waals surface area contributed by atoms with E-state index in [-0.39, 0.29) is 23.8 Å². The Bertz CT molecular complexity index is 1270. The average Bonchev–Trinajstić information content (AvgIpc) is 2.83. The number of carbonyl (C=O) groups excluding carboxylic acids is 1. The fourth-order valence-corrected chi connectivity index (χ4v) is 4.20. The summed E-state index contributed by atoms with van der Waals surface area (Å²) in [6.07, 6.45) is 4.05. The number of rotatable bonds is 3. The van der Waals surface area contributed by atoms with E-state index < -0.39 is 0 Å². The van der Waals surface area contributed by atoms with Crippen molar-refractivity contribution in [3.63, 3.8) is 0 Å². The predicted molar refractivity (Wildman–Crippen MR) is 128 cm³/mol. The highest BCUT2D eigenvalue weighted by Crippen LogP contribution is 2.41. The summed E-state index contributed by atoms with van der Waals surface area (Å²) in [6.45, 7) is 3.99. The maximum atomic E-state index is 12.4. The molecule has 0 spiro atoms. The number of nitrogens with two attached hydrogens (primary N) is 1. The van der Waals surface area contributed by atoms with Crippen LogP contribution in [0.2, 0.25) is 0 Å². The van der Waals surface area contributed by atoms with Gasteiger partial charge < -0.3 is 16.0 Å². The number of hydrogen-bond donors (Lipinski definition) is 2. The number of benzene rings is 2. The minimum atomic E-state index is 0.00539. The number of fused-ring (bicyclic) bond motifs is 1. The van der Waals surface area contributed by atoms with Crippen molar-refractivity contribution in [2.24, 2.45) is 5.73 Å². The van der Waals surface area contributed by atoms with Gasteiger partial charge in [-0.1, -0.05) is 17.9 Å². The summed E-state index contributed by atoms with van der Waals surface area (Å²) in [6, 6.07) is 15.9. The second kappa shape index (κ2) is 9.52. The molecule has 0 saturated heterocycles. The highest BCUT2D eigenvalue weighted by atomic mass is 16.2. The first-order chi connectivity index (χ1) is 16.0. The summed E-state index contributed by atoms with van der Waals surface area (Å²) in [5, 5.41) is 12.6. The second-order valence-corrected chi connectivity index (χ2v) is 7.93. The number of nitriles is 1. The summed E-state index contributed by atoms with van der Waals surface area (Å²) in [4.78, 5) is 22.4. The Hall–Kier alpha value is -4.20. The Morgan fingerprint density at radius 2 is 1.91 bits per heavy atom. The smallest absolute Gasteiger partial charge is 0.232 e. The zero-order valence-electron chi connectivity index (χ0n) is 18.5. The standard InChI is InChI=1S/C26H24N6O/c1-17-12-24(31-22-8-5-19(6-9-22)4-3-11-27)23-13-20(7-10-25(23)32(17)18(2)33)21-15-29-26(14-28)30-16-21/h5-10,13,15-17,24,31H,11-12,27H2,1-2H3/t17-,24+/m0/s1. The third kappa shape index (κ3) is 4.69. The SMILES string of the molecule is CC(=O)N1c2ccc(-c3cnc(C#N)nc3)cc2[C@H](Nc2ccc(C#CCN)cc2)C[C@@H]1C. The number of nitrogens with one attached hydrogen (secondary N) is 1. The number of carbonyl (C=O) groups is 1. The molecule has 3 aromatic rings. The normalized spacial score (nSPS) is 16.7. The van der Waals surface area contributed by atoms with E-state index in [0.717, 1.165) is 40.0 Å². The number of nitrogens with zero attached hydrogens (tertiary/aromatic N) is 4. The van der Waals surface area contributed by atoms with Gasteiger partial charge in [-0.2, -0.15) is 5.26 Å². The van der Waals surface area contributed by atoms with E-state index >= 15 is 0 Å². The Morgan fingerprint density at radius 1 is 1.18 bits per heavy atom. The minimum absolute atomic E-state index is 0.00539. The molecule has 1 aliphatic rings. The Labute approximate surface area is 193 Å². The van der Waals surface area contributed by atoms with Crippen LogP contribution in [0.1, 0.15) is 43.3 Å². The van der Waals surface area contributed by atoms with E-state index in [0.29, 0.717) is 6.54 Å².